The maximum atomic E-state index is 12.6. The molecule has 1 amide bonds. The molecule has 0 bridgehead atoms. The number of aromatic nitrogens is 3. The third-order valence-electron chi connectivity index (χ3n) is 4.63. The van der Waals surface area contributed by atoms with Gasteiger partial charge in [0.15, 0.2) is 5.16 Å². The van der Waals surface area contributed by atoms with E-state index in [-0.39, 0.29) is 11.7 Å². The van der Waals surface area contributed by atoms with E-state index >= 15 is 0 Å². The minimum Gasteiger partial charge on any atom is -0.355 e. The van der Waals surface area contributed by atoms with Crippen molar-refractivity contribution in [1.82, 2.24) is 20.1 Å². The van der Waals surface area contributed by atoms with Gasteiger partial charge in [0.25, 0.3) is 0 Å². The zero-order chi connectivity index (χ0) is 21.7. The van der Waals surface area contributed by atoms with Crippen molar-refractivity contribution in [2.45, 2.75) is 31.6 Å². The number of carbonyl (C=O) groups is 1. The first kappa shape index (κ1) is 21.9. The number of hydrogen-bond donors (Lipinski definition) is 1. The molecule has 0 radical (unpaired) electrons. The van der Waals surface area contributed by atoms with Gasteiger partial charge in [-0.05, 0) is 61.2 Å². The Balaban J connectivity index is 1.49. The van der Waals surface area contributed by atoms with Gasteiger partial charge < -0.3 is 5.32 Å². The Bertz CT molecular complexity index is 1020. The molecule has 5 nitrogen and oxygen atoms in total. The molecule has 3 aromatic rings. The summed E-state index contributed by atoms with van der Waals surface area (Å²) in [6.07, 6.45) is -2.29. The zero-order valence-electron chi connectivity index (χ0n) is 16.5. The second kappa shape index (κ2) is 9.34. The summed E-state index contributed by atoms with van der Waals surface area (Å²) in [5.74, 6) is -0.0159. The Kier molecular flexibility index (Phi) is 6.81. The molecular weight excluding hydrogens is 413 g/mol. The van der Waals surface area contributed by atoms with Crippen molar-refractivity contribution in [1.29, 1.82) is 0 Å². The van der Waals surface area contributed by atoms with Crippen LogP contribution in [0.25, 0.3) is 5.69 Å². The molecule has 30 heavy (non-hydrogen) atoms. The van der Waals surface area contributed by atoms with Gasteiger partial charge in [-0.2, -0.15) is 13.2 Å². The van der Waals surface area contributed by atoms with E-state index < -0.39 is 11.7 Å². The summed E-state index contributed by atoms with van der Waals surface area (Å²) in [6.45, 7) is 4.41. The SMILES string of the molecule is Cc1ccc(-n2cnnc2SCC(=O)NCCc2ccc(C(F)(F)F)cc2)cc1C. The van der Waals surface area contributed by atoms with Gasteiger partial charge >= 0.3 is 6.18 Å². The van der Waals surface area contributed by atoms with Crippen LogP contribution in [0.2, 0.25) is 0 Å². The summed E-state index contributed by atoms with van der Waals surface area (Å²) in [6, 6.07) is 11.0. The highest BCUT2D eigenvalue weighted by molar-refractivity contribution is 7.99. The van der Waals surface area contributed by atoms with Crippen LogP contribution >= 0.6 is 11.8 Å². The molecule has 0 fully saturated rings. The summed E-state index contributed by atoms with van der Waals surface area (Å²) in [4.78, 5) is 12.1. The number of rotatable bonds is 7. The van der Waals surface area contributed by atoms with Gasteiger partial charge in [-0.25, -0.2) is 0 Å². The van der Waals surface area contributed by atoms with Gasteiger partial charge in [0, 0.05) is 12.2 Å². The van der Waals surface area contributed by atoms with Crippen LogP contribution in [0.4, 0.5) is 13.2 Å². The number of nitrogens with zero attached hydrogens (tertiary/aromatic N) is 3. The topological polar surface area (TPSA) is 59.8 Å². The van der Waals surface area contributed by atoms with Gasteiger partial charge in [0.2, 0.25) is 5.91 Å². The van der Waals surface area contributed by atoms with E-state index in [0.29, 0.717) is 18.1 Å². The number of benzene rings is 2. The molecule has 1 heterocycles. The van der Waals surface area contributed by atoms with Crippen LogP contribution in [-0.4, -0.2) is 33.0 Å². The van der Waals surface area contributed by atoms with Crippen LogP contribution in [0, 0.1) is 13.8 Å². The predicted molar refractivity (Wildman–Crippen MR) is 110 cm³/mol. The zero-order valence-corrected chi connectivity index (χ0v) is 17.3. The Morgan fingerprint density at radius 2 is 1.83 bits per heavy atom. The molecule has 3 rings (SSSR count). The van der Waals surface area contributed by atoms with Crippen molar-refractivity contribution in [3.63, 3.8) is 0 Å². The molecule has 0 saturated heterocycles. The number of aryl methyl sites for hydroxylation is 2. The first-order valence-electron chi connectivity index (χ1n) is 9.27. The fourth-order valence-electron chi connectivity index (χ4n) is 2.76. The molecular formula is C21H21F3N4OS. The molecule has 0 atom stereocenters. The highest BCUT2D eigenvalue weighted by Gasteiger charge is 2.29. The lowest BCUT2D eigenvalue weighted by Gasteiger charge is -2.09. The largest absolute Gasteiger partial charge is 0.416 e. The Morgan fingerprint density at radius 1 is 1.10 bits per heavy atom. The van der Waals surface area contributed by atoms with Crippen molar-refractivity contribution in [3.05, 3.63) is 71.0 Å². The average Bonchev–Trinajstić information content (AvgIpc) is 3.17. The number of nitrogens with one attached hydrogen (secondary N) is 1. The van der Waals surface area contributed by atoms with E-state index in [0.717, 1.165) is 28.9 Å². The summed E-state index contributed by atoms with van der Waals surface area (Å²) >= 11 is 1.27. The highest BCUT2D eigenvalue weighted by Crippen LogP contribution is 2.29. The molecule has 2 aromatic carbocycles. The number of amides is 1. The summed E-state index contributed by atoms with van der Waals surface area (Å²) in [5.41, 5.74) is 3.31. The normalized spacial score (nSPS) is 11.5. The van der Waals surface area contributed by atoms with Crippen LogP contribution in [0.15, 0.2) is 53.9 Å². The highest BCUT2D eigenvalue weighted by atomic mass is 32.2. The van der Waals surface area contributed by atoms with Gasteiger partial charge in [-0.1, -0.05) is 30.0 Å². The number of hydrogen-bond acceptors (Lipinski definition) is 4. The van der Waals surface area contributed by atoms with E-state index in [1.165, 1.54) is 29.5 Å². The van der Waals surface area contributed by atoms with Crippen molar-refractivity contribution >= 4 is 17.7 Å². The number of carbonyl (C=O) groups excluding carboxylic acids is 1. The minimum absolute atomic E-state index is 0.163. The average molecular weight is 434 g/mol. The van der Waals surface area contributed by atoms with Gasteiger partial charge in [-0.15, -0.1) is 10.2 Å². The van der Waals surface area contributed by atoms with Crippen molar-refractivity contribution < 1.29 is 18.0 Å². The van der Waals surface area contributed by atoms with E-state index in [9.17, 15) is 18.0 Å². The molecule has 0 saturated carbocycles. The van der Waals surface area contributed by atoms with Crippen molar-refractivity contribution in [2.75, 3.05) is 12.3 Å². The second-order valence-electron chi connectivity index (χ2n) is 6.84. The molecule has 158 valence electrons. The Morgan fingerprint density at radius 3 is 2.50 bits per heavy atom. The lowest BCUT2D eigenvalue weighted by molar-refractivity contribution is -0.137. The quantitative estimate of drug-likeness (QED) is 0.562. The molecule has 0 unspecified atom stereocenters. The van der Waals surface area contributed by atoms with Crippen molar-refractivity contribution in [3.8, 4) is 5.69 Å². The van der Waals surface area contributed by atoms with Crippen LogP contribution in [0.3, 0.4) is 0 Å². The fraction of sp³-hybridized carbons (Fsp3) is 0.286. The molecule has 0 aliphatic rings. The Hall–Kier alpha value is -2.81. The smallest absolute Gasteiger partial charge is 0.355 e. The first-order chi connectivity index (χ1) is 14.2. The van der Waals surface area contributed by atoms with E-state index in [2.05, 4.69) is 15.5 Å². The summed E-state index contributed by atoms with van der Waals surface area (Å²) in [5, 5.41) is 11.4. The molecule has 0 aliphatic heterocycles. The molecule has 0 spiro atoms. The van der Waals surface area contributed by atoms with Gasteiger partial charge in [0.05, 0.1) is 11.3 Å². The van der Waals surface area contributed by atoms with Crippen LogP contribution in [0.5, 0.6) is 0 Å². The predicted octanol–water partition coefficient (Wildman–Crippen LogP) is 4.35. The lowest BCUT2D eigenvalue weighted by Crippen LogP contribution is -2.27. The van der Waals surface area contributed by atoms with E-state index in [1.807, 2.05) is 36.6 Å². The first-order valence-corrected chi connectivity index (χ1v) is 10.3. The standard InChI is InChI=1S/C21H21F3N4OS/c1-14-3-8-18(11-15(14)2)28-13-26-27-20(28)30-12-19(29)25-10-9-16-4-6-17(7-5-16)21(22,23)24/h3-8,11,13H,9-10,12H2,1-2H3,(H,25,29). The summed E-state index contributed by atoms with van der Waals surface area (Å²) < 4.78 is 39.6. The number of halogens is 3. The van der Waals surface area contributed by atoms with E-state index in [1.54, 1.807) is 6.33 Å². The van der Waals surface area contributed by atoms with Crippen LogP contribution < -0.4 is 5.32 Å². The van der Waals surface area contributed by atoms with Crippen LogP contribution in [0.1, 0.15) is 22.3 Å². The molecule has 1 aromatic heterocycles. The van der Waals surface area contributed by atoms with Crippen LogP contribution in [-0.2, 0) is 17.4 Å². The van der Waals surface area contributed by atoms with E-state index in [4.69, 9.17) is 0 Å². The maximum Gasteiger partial charge on any atom is 0.416 e. The Labute approximate surface area is 176 Å². The van der Waals surface area contributed by atoms with Crippen molar-refractivity contribution in [2.24, 2.45) is 0 Å². The third-order valence-corrected chi connectivity index (χ3v) is 5.58. The molecule has 0 aliphatic carbocycles. The fourth-order valence-corrected chi connectivity index (χ4v) is 3.52. The minimum atomic E-state index is -4.35. The maximum absolute atomic E-state index is 12.6. The number of thioether (sulfide) groups is 1. The molecule has 1 N–H and O–H groups in total. The van der Waals surface area contributed by atoms with Gasteiger partial charge in [-0.3, -0.25) is 9.36 Å². The molecule has 9 heteroatoms. The summed E-state index contributed by atoms with van der Waals surface area (Å²) in [7, 11) is 0. The third kappa shape index (κ3) is 5.63. The second-order valence-corrected chi connectivity index (χ2v) is 7.78. The lowest BCUT2D eigenvalue weighted by atomic mass is 10.1. The number of alkyl halides is 3. The monoisotopic (exact) mass is 434 g/mol. The van der Waals surface area contributed by atoms with Gasteiger partial charge in [0.1, 0.15) is 6.33 Å².